The lowest BCUT2D eigenvalue weighted by molar-refractivity contribution is -0.384. The first-order valence-electron chi connectivity index (χ1n) is 7.91. The summed E-state index contributed by atoms with van der Waals surface area (Å²) in [5.74, 6) is -0.290. The maximum Gasteiger partial charge on any atom is 0.291 e. The molecule has 1 fully saturated rings. The molecule has 1 heterocycles. The van der Waals surface area contributed by atoms with E-state index in [0.717, 1.165) is 23.0 Å². The van der Waals surface area contributed by atoms with E-state index in [2.05, 4.69) is 0 Å². The molecule has 1 saturated heterocycles. The van der Waals surface area contributed by atoms with Gasteiger partial charge in [0.2, 0.25) is 0 Å². The number of nitro groups is 1. The van der Waals surface area contributed by atoms with Gasteiger partial charge in [-0.2, -0.15) is 0 Å². The van der Waals surface area contributed by atoms with E-state index in [4.69, 9.17) is 0 Å². The normalized spacial score (nSPS) is 16.8. The van der Waals surface area contributed by atoms with Crippen molar-refractivity contribution in [3.8, 4) is 0 Å². The summed E-state index contributed by atoms with van der Waals surface area (Å²) < 4.78 is 0. The zero-order valence-electron chi connectivity index (χ0n) is 14.3. The van der Waals surface area contributed by atoms with E-state index >= 15 is 0 Å². The maximum atomic E-state index is 12.7. The van der Waals surface area contributed by atoms with Gasteiger partial charge in [-0.3, -0.25) is 24.6 Å². The van der Waals surface area contributed by atoms with Crippen LogP contribution < -0.4 is 4.90 Å². The number of hydrogen-bond acceptors (Lipinski definition) is 6. The van der Waals surface area contributed by atoms with Crippen LogP contribution in [0.15, 0.2) is 48.5 Å². The van der Waals surface area contributed by atoms with Gasteiger partial charge in [-0.1, -0.05) is 29.8 Å². The van der Waals surface area contributed by atoms with Gasteiger partial charge in [0, 0.05) is 24.9 Å². The Morgan fingerprint density at radius 2 is 1.73 bits per heavy atom. The fraction of sp³-hybridized carbons (Fsp3) is 0.222. The summed E-state index contributed by atoms with van der Waals surface area (Å²) in [5, 5.41) is 9.77. The summed E-state index contributed by atoms with van der Waals surface area (Å²) in [6.07, 6.45) is 0. The number of thioether (sulfide) groups is 1. The van der Waals surface area contributed by atoms with Crippen molar-refractivity contribution in [2.75, 3.05) is 11.9 Å². The predicted molar refractivity (Wildman–Crippen MR) is 100 cm³/mol. The van der Waals surface area contributed by atoms with Gasteiger partial charge >= 0.3 is 0 Å². The molecule has 0 unspecified atom stereocenters. The molecule has 3 rings (SSSR count). The molecule has 2 aromatic rings. The molecule has 1 aliphatic heterocycles. The number of carbonyl (C=O) groups excluding carboxylic acids is 2. The predicted octanol–water partition coefficient (Wildman–Crippen LogP) is 3.56. The van der Waals surface area contributed by atoms with Crippen LogP contribution in [0, 0.1) is 17.0 Å². The number of benzene rings is 2. The molecule has 0 aromatic heterocycles. The van der Waals surface area contributed by atoms with E-state index in [1.54, 1.807) is 24.1 Å². The van der Waals surface area contributed by atoms with Gasteiger partial charge in [-0.25, -0.2) is 0 Å². The van der Waals surface area contributed by atoms with Crippen LogP contribution in [0.5, 0.6) is 0 Å². The van der Waals surface area contributed by atoms with Crippen molar-refractivity contribution in [1.29, 1.82) is 0 Å². The lowest BCUT2D eigenvalue weighted by Gasteiger charge is -2.24. The lowest BCUT2D eigenvalue weighted by atomic mass is 10.2. The van der Waals surface area contributed by atoms with Crippen molar-refractivity contribution in [3.63, 3.8) is 0 Å². The van der Waals surface area contributed by atoms with E-state index in [0.29, 0.717) is 5.56 Å². The topological polar surface area (TPSA) is 83.8 Å². The maximum absolute atomic E-state index is 12.7. The molecule has 0 radical (unpaired) electrons. The Kier molecular flexibility index (Phi) is 4.94. The first kappa shape index (κ1) is 17.9. The first-order chi connectivity index (χ1) is 12.4. The molecule has 0 N–H and O–H groups in total. The van der Waals surface area contributed by atoms with Gasteiger partial charge < -0.3 is 4.90 Å². The van der Waals surface area contributed by atoms with E-state index in [1.165, 1.54) is 17.0 Å². The summed E-state index contributed by atoms with van der Waals surface area (Å²) in [4.78, 5) is 38.2. The number of nitro benzene ring substituents is 1. The van der Waals surface area contributed by atoms with Gasteiger partial charge in [0.25, 0.3) is 16.8 Å². The van der Waals surface area contributed by atoms with Crippen LogP contribution in [0.25, 0.3) is 0 Å². The third-order valence-electron chi connectivity index (χ3n) is 4.19. The smallest absolute Gasteiger partial charge is 0.291 e. The molecule has 134 valence electrons. The standard InChI is InChI=1S/C18H17N3O4S/c1-12-3-7-14(8-4-12)19(2)17-16(22)20(18(23)26-17)11-13-5-9-15(10-6-13)21(24)25/h3-10,17H,11H2,1-2H3/t17-/m0/s1. The molecular weight excluding hydrogens is 354 g/mol. The van der Waals surface area contributed by atoms with Gasteiger partial charge in [-0.05, 0) is 36.4 Å². The SMILES string of the molecule is Cc1ccc(N(C)[C@H]2SC(=O)N(Cc3ccc([N+](=O)[O-])cc3)C2=O)cc1. The molecule has 2 amide bonds. The quantitative estimate of drug-likeness (QED) is 0.590. The van der Waals surface area contributed by atoms with Gasteiger partial charge in [0.05, 0.1) is 11.5 Å². The van der Waals surface area contributed by atoms with E-state index in [1.807, 2.05) is 31.2 Å². The minimum absolute atomic E-state index is 0.0285. The number of hydrogen-bond donors (Lipinski definition) is 0. The summed E-state index contributed by atoms with van der Waals surface area (Å²) in [6, 6.07) is 13.6. The second-order valence-corrected chi connectivity index (χ2v) is 7.06. The minimum Gasteiger partial charge on any atom is -0.354 e. The van der Waals surface area contributed by atoms with Crippen LogP contribution in [0.2, 0.25) is 0 Å². The Hall–Kier alpha value is -2.87. The second kappa shape index (κ2) is 7.17. The monoisotopic (exact) mass is 371 g/mol. The summed E-state index contributed by atoms with van der Waals surface area (Å²) in [6.45, 7) is 2.08. The number of nitrogens with zero attached hydrogens (tertiary/aromatic N) is 3. The Morgan fingerprint density at radius 1 is 1.12 bits per heavy atom. The zero-order chi connectivity index (χ0) is 18.8. The number of likely N-dealkylation sites (N-methyl/N-ethyl adjacent to an activating group) is 1. The summed E-state index contributed by atoms with van der Waals surface area (Å²) in [5.41, 5.74) is 2.60. The third kappa shape index (κ3) is 3.55. The molecule has 26 heavy (non-hydrogen) atoms. The number of rotatable bonds is 5. The number of imide groups is 1. The molecule has 1 aliphatic rings. The fourth-order valence-electron chi connectivity index (χ4n) is 2.64. The number of amides is 2. The molecule has 2 aromatic carbocycles. The Balaban J connectivity index is 1.74. The average molecular weight is 371 g/mol. The molecule has 0 bridgehead atoms. The highest BCUT2D eigenvalue weighted by molar-refractivity contribution is 8.15. The molecular formula is C18H17N3O4S. The van der Waals surface area contributed by atoms with Crippen LogP contribution in [0.3, 0.4) is 0 Å². The summed E-state index contributed by atoms with van der Waals surface area (Å²) >= 11 is 0.971. The highest BCUT2D eigenvalue weighted by Crippen LogP contribution is 2.33. The van der Waals surface area contributed by atoms with Crippen molar-refractivity contribution >= 4 is 34.3 Å². The van der Waals surface area contributed by atoms with Crippen molar-refractivity contribution in [3.05, 3.63) is 69.8 Å². The van der Waals surface area contributed by atoms with Crippen LogP contribution in [-0.4, -0.2) is 33.4 Å². The molecule has 0 aliphatic carbocycles. The van der Waals surface area contributed by atoms with Crippen molar-refractivity contribution < 1.29 is 14.5 Å². The van der Waals surface area contributed by atoms with Crippen molar-refractivity contribution in [2.24, 2.45) is 0 Å². The molecule has 8 heteroatoms. The Labute approximate surface area is 154 Å². The highest BCUT2D eigenvalue weighted by atomic mass is 32.2. The average Bonchev–Trinajstić information content (AvgIpc) is 2.90. The van der Waals surface area contributed by atoms with Crippen molar-refractivity contribution in [2.45, 2.75) is 18.8 Å². The van der Waals surface area contributed by atoms with Gasteiger partial charge in [0.1, 0.15) is 0 Å². The molecule has 1 atom stereocenters. The number of carbonyl (C=O) groups is 2. The molecule has 0 spiro atoms. The van der Waals surface area contributed by atoms with Crippen LogP contribution >= 0.6 is 11.8 Å². The third-order valence-corrected chi connectivity index (χ3v) is 5.35. The summed E-state index contributed by atoms with van der Waals surface area (Å²) in [7, 11) is 1.78. The minimum atomic E-state index is -0.622. The van der Waals surface area contributed by atoms with E-state index in [-0.39, 0.29) is 23.4 Å². The zero-order valence-corrected chi connectivity index (χ0v) is 15.1. The van der Waals surface area contributed by atoms with Crippen molar-refractivity contribution in [1.82, 2.24) is 4.90 Å². The Bertz CT molecular complexity index is 852. The fourth-order valence-corrected chi connectivity index (χ4v) is 3.62. The largest absolute Gasteiger partial charge is 0.354 e. The van der Waals surface area contributed by atoms with E-state index < -0.39 is 10.3 Å². The van der Waals surface area contributed by atoms with E-state index in [9.17, 15) is 19.7 Å². The lowest BCUT2D eigenvalue weighted by Crippen LogP contribution is -2.39. The molecule has 0 saturated carbocycles. The molecule has 7 nitrogen and oxygen atoms in total. The van der Waals surface area contributed by atoms with Crippen LogP contribution in [-0.2, 0) is 11.3 Å². The first-order valence-corrected chi connectivity index (χ1v) is 8.79. The van der Waals surface area contributed by atoms with Crippen LogP contribution in [0.4, 0.5) is 16.2 Å². The van der Waals surface area contributed by atoms with Crippen LogP contribution in [0.1, 0.15) is 11.1 Å². The number of non-ortho nitro benzene ring substituents is 1. The number of aryl methyl sites for hydroxylation is 1. The van der Waals surface area contributed by atoms with Gasteiger partial charge in [-0.15, -0.1) is 0 Å². The Morgan fingerprint density at radius 3 is 2.31 bits per heavy atom. The second-order valence-electron chi connectivity index (χ2n) is 6.03. The highest BCUT2D eigenvalue weighted by Gasteiger charge is 2.42. The number of anilines is 1. The van der Waals surface area contributed by atoms with Gasteiger partial charge in [0.15, 0.2) is 5.37 Å².